The molecular weight excluding hydrogens is 254 g/mol. The van der Waals surface area contributed by atoms with E-state index in [2.05, 4.69) is 4.90 Å². The highest BCUT2D eigenvalue weighted by atomic mass is 16.5. The zero-order chi connectivity index (χ0) is 14.2. The number of hydrogen-bond acceptors (Lipinski definition) is 3. The predicted octanol–water partition coefficient (Wildman–Crippen LogP) is 2.64. The molecule has 0 radical (unpaired) electrons. The maximum atomic E-state index is 10.5. The number of carboxylic acid groups (broad SMARTS) is 1. The smallest absolute Gasteiger partial charge is 0.303 e. The van der Waals surface area contributed by atoms with Crippen LogP contribution in [0.15, 0.2) is 30.3 Å². The fourth-order valence-electron chi connectivity index (χ4n) is 2.56. The average molecular weight is 277 g/mol. The minimum atomic E-state index is -0.698. The van der Waals surface area contributed by atoms with E-state index in [1.54, 1.807) is 0 Å². The van der Waals surface area contributed by atoms with Crippen LogP contribution >= 0.6 is 0 Å². The Morgan fingerprint density at radius 3 is 2.60 bits per heavy atom. The Bertz CT molecular complexity index is 399. The molecule has 0 unspecified atom stereocenters. The topological polar surface area (TPSA) is 49.8 Å². The summed E-state index contributed by atoms with van der Waals surface area (Å²) in [5, 5.41) is 8.63. The highest BCUT2D eigenvalue weighted by Crippen LogP contribution is 2.19. The summed E-state index contributed by atoms with van der Waals surface area (Å²) in [6.45, 7) is 3.80. The highest BCUT2D eigenvalue weighted by molar-refractivity contribution is 5.66. The summed E-state index contributed by atoms with van der Waals surface area (Å²) in [6, 6.07) is 9.94. The van der Waals surface area contributed by atoms with Crippen molar-refractivity contribution in [3.63, 3.8) is 0 Å². The molecule has 0 aromatic heterocycles. The summed E-state index contributed by atoms with van der Waals surface area (Å²) in [7, 11) is 0. The molecule has 1 fully saturated rings. The van der Waals surface area contributed by atoms with Crippen LogP contribution in [0.25, 0.3) is 0 Å². The predicted molar refractivity (Wildman–Crippen MR) is 78.0 cm³/mol. The molecule has 2 rings (SSSR count). The van der Waals surface area contributed by atoms with Gasteiger partial charge in [0.05, 0.1) is 6.61 Å². The lowest BCUT2D eigenvalue weighted by molar-refractivity contribution is -0.137. The minimum absolute atomic E-state index is 0.275. The molecule has 1 aliphatic rings. The van der Waals surface area contributed by atoms with Crippen molar-refractivity contribution < 1.29 is 14.6 Å². The fraction of sp³-hybridized carbons (Fsp3) is 0.562. The van der Waals surface area contributed by atoms with Crippen LogP contribution in [-0.2, 0) is 4.79 Å². The van der Waals surface area contributed by atoms with Gasteiger partial charge < -0.3 is 14.7 Å². The number of para-hydroxylation sites is 1. The van der Waals surface area contributed by atoms with Crippen molar-refractivity contribution in [2.75, 3.05) is 26.2 Å². The Morgan fingerprint density at radius 2 is 1.95 bits per heavy atom. The van der Waals surface area contributed by atoms with E-state index in [-0.39, 0.29) is 6.42 Å². The number of carboxylic acids is 1. The molecule has 4 heteroatoms. The van der Waals surface area contributed by atoms with Gasteiger partial charge >= 0.3 is 5.97 Å². The molecule has 1 heterocycles. The third kappa shape index (κ3) is 5.21. The van der Waals surface area contributed by atoms with Gasteiger partial charge in [0.15, 0.2) is 0 Å². The van der Waals surface area contributed by atoms with E-state index in [0.29, 0.717) is 5.92 Å². The monoisotopic (exact) mass is 277 g/mol. The first-order chi connectivity index (χ1) is 9.74. The Balaban J connectivity index is 1.61. The number of ether oxygens (including phenoxy) is 1. The first-order valence-electron chi connectivity index (χ1n) is 7.36. The van der Waals surface area contributed by atoms with Gasteiger partial charge in [-0.1, -0.05) is 18.2 Å². The molecule has 0 saturated carbocycles. The number of benzene rings is 1. The molecule has 4 nitrogen and oxygen atoms in total. The molecule has 0 bridgehead atoms. The maximum Gasteiger partial charge on any atom is 0.303 e. The summed E-state index contributed by atoms with van der Waals surface area (Å²) in [5.41, 5.74) is 0. The summed E-state index contributed by atoms with van der Waals surface area (Å²) in [5.74, 6) is 0.860. The lowest BCUT2D eigenvalue weighted by atomic mass is 9.97. The maximum absolute atomic E-state index is 10.5. The Labute approximate surface area is 120 Å². The van der Waals surface area contributed by atoms with Gasteiger partial charge in [-0.25, -0.2) is 0 Å². The van der Waals surface area contributed by atoms with Crippen molar-refractivity contribution in [1.29, 1.82) is 0 Å². The van der Waals surface area contributed by atoms with Crippen LogP contribution in [-0.4, -0.2) is 42.2 Å². The quantitative estimate of drug-likeness (QED) is 0.832. The lowest BCUT2D eigenvalue weighted by Crippen LogP contribution is -2.36. The molecule has 20 heavy (non-hydrogen) atoms. The summed E-state index contributed by atoms with van der Waals surface area (Å²) >= 11 is 0. The van der Waals surface area contributed by atoms with E-state index in [1.165, 1.54) is 0 Å². The number of carbonyl (C=O) groups is 1. The molecule has 0 spiro atoms. The van der Waals surface area contributed by atoms with Crippen molar-refractivity contribution >= 4 is 5.97 Å². The summed E-state index contributed by atoms with van der Waals surface area (Å²) < 4.78 is 5.80. The van der Waals surface area contributed by atoms with E-state index in [9.17, 15) is 4.79 Å². The number of aliphatic carboxylic acids is 1. The second-order valence-corrected chi connectivity index (χ2v) is 5.41. The van der Waals surface area contributed by atoms with Gasteiger partial charge in [-0.3, -0.25) is 4.79 Å². The van der Waals surface area contributed by atoms with Crippen molar-refractivity contribution in [3.05, 3.63) is 30.3 Å². The standard InChI is InChI=1S/C16H23NO3/c18-16(19)7-4-10-17-11-8-14(9-12-17)13-20-15-5-2-1-3-6-15/h1-3,5-6,14H,4,7-13H2,(H,18,19). The van der Waals surface area contributed by atoms with Gasteiger partial charge in [-0.15, -0.1) is 0 Å². The zero-order valence-electron chi connectivity index (χ0n) is 11.8. The van der Waals surface area contributed by atoms with Gasteiger partial charge in [0.2, 0.25) is 0 Å². The molecule has 1 aliphatic heterocycles. The first kappa shape index (κ1) is 14.9. The van der Waals surface area contributed by atoms with Crippen LogP contribution in [0.5, 0.6) is 5.75 Å². The largest absolute Gasteiger partial charge is 0.493 e. The van der Waals surface area contributed by atoms with E-state index < -0.39 is 5.97 Å². The highest BCUT2D eigenvalue weighted by Gasteiger charge is 2.19. The molecule has 1 saturated heterocycles. The van der Waals surface area contributed by atoms with Gasteiger partial charge in [-0.05, 0) is 56.9 Å². The second-order valence-electron chi connectivity index (χ2n) is 5.41. The summed E-state index contributed by atoms with van der Waals surface area (Å²) in [6.07, 6.45) is 3.30. The van der Waals surface area contributed by atoms with Gasteiger partial charge in [-0.2, -0.15) is 0 Å². The van der Waals surface area contributed by atoms with Crippen molar-refractivity contribution in [3.8, 4) is 5.75 Å². The van der Waals surface area contributed by atoms with Gasteiger partial charge in [0, 0.05) is 6.42 Å². The molecule has 0 amide bonds. The molecule has 110 valence electrons. The third-order valence-electron chi connectivity index (χ3n) is 3.80. The van der Waals surface area contributed by atoms with E-state index in [4.69, 9.17) is 9.84 Å². The normalized spacial score (nSPS) is 17.0. The Kier molecular flexibility index (Phi) is 5.87. The van der Waals surface area contributed by atoms with Crippen LogP contribution < -0.4 is 4.74 Å². The van der Waals surface area contributed by atoms with Crippen LogP contribution in [0, 0.1) is 5.92 Å². The number of nitrogens with zero attached hydrogens (tertiary/aromatic N) is 1. The second kappa shape index (κ2) is 7.90. The van der Waals surface area contributed by atoms with Crippen molar-refractivity contribution in [2.45, 2.75) is 25.7 Å². The van der Waals surface area contributed by atoms with Crippen LogP contribution in [0.1, 0.15) is 25.7 Å². The molecule has 1 N–H and O–H groups in total. The van der Waals surface area contributed by atoms with Crippen LogP contribution in [0.4, 0.5) is 0 Å². The third-order valence-corrected chi connectivity index (χ3v) is 3.80. The molecule has 1 aromatic rings. The molecule has 0 atom stereocenters. The van der Waals surface area contributed by atoms with Gasteiger partial charge in [0.25, 0.3) is 0 Å². The van der Waals surface area contributed by atoms with Crippen molar-refractivity contribution in [1.82, 2.24) is 4.90 Å². The number of likely N-dealkylation sites (tertiary alicyclic amines) is 1. The van der Waals surface area contributed by atoms with Gasteiger partial charge in [0.1, 0.15) is 5.75 Å². The fourth-order valence-corrected chi connectivity index (χ4v) is 2.56. The summed E-state index contributed by atoms with van der Waals surface area (Å²) in [4.78, 5) is 12.8. The number of hydrogen-bond donors (Lipinski definition) is 1. The SMILES string of the molecule is O=C(O)CCCN1CCC(COc2ccccc2)CC1. The number of rotatable bonds is 7. The Hall–Kier alpha value is -1.55. The van der Waals surface area contributed by atoms with E-state index in [1.807, 2.05) is 30.3 Å². The molecule has 1 aromatic carbocycles. The first-order valence-corrected chi connectivity index (χ1v) is 7.36. The minimum Gasteiger partial charge on any atom is -0.493 e. The van der Waals surface area contributed by atoms with E-state index >= 15 is 0 Å². The Morgan fingerprint density at radius 1 is 1.25 bits per heavy atom. The van der Waals surface area contributed by atoms with E-state index in [0.717, 1.165) is 51.3 Å². The average Bonchev–Trinajstić information content (AvgIpc) is 2.47. The number of piperidine rings is 1. The van der Waals surface area contributed by atoms with Crippen LogP contribution in [0.3, 0.4) is 0 Å². The molecular formula is C16H23NO3. The zero-order valence-corrected chi connectivity index (χ0v) is 11.8. The van der Waals surface area contributed by atoms with Crippen LogP contribution in [0.2, 0.25) is 0 Å². The molecule has 0 aliphatic carbocycles. The lowest BCUT2D eigenvalue weighted by Gasteiger charge is -2.31. The van der Waals surface area contributed by atoms with Crippen molar-refractivity contribution in [2.24, 2.45) is 5.92 Å².